The zero-order chi connectivity index (χ0) is 14.8. The summed E-state index contributed by atoms with van der Waals surface area (Å²) < 4.78 is 13.5. The lowest BCUT2D eigenvalue weighted by atomic mass is 9.75. The molecule has 1 aromatic rings. The molecule has 2 nitrogen and oxygen atoms in total. The lowest BCUT2D eigenvalue weighted by Gasteiger charge is -2.46. The largest absolute Gasteiger partial charge is 0.391 e. The molecule has 1 saturated carbocycles. The van der Waals surface area contributed by atoms with Gasteiger partial charge in [0, 0.05) is 12.0 Å². The standard InChI is InChI=1S/C16H23ClFNO/c1-19(2)16(9-4-3-5-10-16)14(20)11-12-7-6-8-13(18)15(12)17/h6-8,14,20H,3-5,9-11H2,1-2H3. The predicted octanol–water partition coefficient (Wildman–Crippen LogP) is 3.65. The number of aliphatic hydroxyl groups is 1. The summed E-state index contributed by atoms with van der Waals surface area (Å²) in [5.41, 5.74) is 0.472. The fraction of sp³-hybridized carbons (Fsp3) is 0.625. The van der Waals surface area contributed by atoms with Gasteiger partial charge >= 0.3 is 0 Å². The Morgan fingerprint density at radius 2 is 1.95 bits per heavy atom. The molecular formula is C16H23ClFNO. The van der Waals surface area contributed by atoms with Crippen LogP contribution in [0.5, 0.6) is 0 Å². The molecule has 1 aromatic carbocycles. The molecule has 0 aromatic heterocycles. The number of aliphatic hydroxyl groups excluding tert-OH is 1. The van der Waals surface area contributed by atoms with Crippen molar-refractivity contribution in [3.63, 3.8) is 0 Å². The van der Waals surface area contributed by atoms with Crippen molar-refractivity contribution in [2.24, 2.45) is 0 Å². The highest BCUT2D eigenvalue weighted by molar-refractivity contribution is 6.31. The van der Waals surface area contributed by atoms with Crippen LogP contribution >= 0.6 is 11.6 Å². The second kappa shape index (κ2) is 6.42. The van der Waals surface area contributed by atoms with Crippen LogP contribution in [0.4, 0.5) is 4.39 Å². The number of benzene rings is 1. The Balaban J connectivity index is 2.20. The van der Waals surface area contributed by atoms with Gasteiger partial charge in [0.25, 0.3) is 0 Å². The number of hydrogen-bond acceptors (Lipinski definition) is 2. The van der Waals surface area contributed by atoms with Gasteiger partial charge in [0.05, 0.1) is 11.1 Å². The summed E-state index contributed by atoms with van der Waals surface area (Å²) in [4.78, 5) is 2.13. The van der Waals surface area contributed by atoms with Crippen LogP contribution in [0.2, 0.25) is 5.02 Å². The molecule has 0 bridgehead atoms. The molecule has 0 saturated heterocycles. The number of rotatable bonds is 4. The second-order valence-corrected chi connectivity index (χ2v) is 6.37. The molecule has 4 heteroatoms. The molecule has 0 amide bonds. The Labute approximate surface area is 125 Å². The van der Waals surface area contributed by atoms with E-state index in [0.29, 0.717) is 12.0 Å². The molecule has 0 spiro atoms. The maximum Gasteiger partial charge on any atom is 0.142 e. The highest BCUT2D eigenvalue weighted by Crippen LogP contribution is 2.37. The number of halogens is 2. The van der Waals surface area contributed by atoms with E-state index in [2.05, 4.69) is 4.90 Å². The van der Waals surface area contributed by atoms with E-state index < -0.39 is 11.9 Å². The minimum Gasteiger partial charge on any atom is -0.391 e. The van der Waals surface area contributed by atoms with E-state index in [0.717, 1.165) is 25.7 Å². The Bertz CT molecular complexity index is 458. The average Bonchev–Trinajstić information content (AvgIpc) is 2.44. The van der Waals surface area contributed by atoms with Crippen LogP contribution in [0.1, 0.15) is 37.7 Å². The summed E-state index contributed by atoms with van der Waals surface area (Å²) in [6.45, 7) is 0. The summed E-state index contributed by atoms with van der Waals surface area (Å²) in [7, 11) is 4.03. The van der Waals surface area contributed by atoms with Gasteiger partial charge in [0.15, 0.2) is 0 Å². The zero-order valence-electron chi connectivity index (χ0n) is 12.2. The molecule has 0 aliphatic heterocycles. The van der Waals surface area contributed by atoms with Crippen LogP contribution in [0.25, 0.3) is 0 Å². The van der Waals surface area contributed by atoms with E-state index in [4.69, 9.17) is 11.6 Å². The molecule has 2 rings (SSSR count). The molecular weight excluding hydrogens is 277 g/mol. The third-order valence-corrected chi connectivity index (χ3v) is 5.10. The van der Waals surface area contributed by atoms with Crippen molar-refractivity contribution >= 4 is 11.6 Å². The van der Waals surface area contributed by atoms with E-state index in [-0.39, 0.29) is 10.6 Å². The maximum atomic E-state index is 13.5. The molecule has 1 atom stereocenters. The monoisotopic (exact) mass is 299 g/mol. The van der Waals surface area contributed by atoms with Crippen molar-refractivity contribution in [1.29, 1.82) is 0 Å². The smallest absolute Gasteiger partial charge is 0.142 e. The zero-order valence-corrected chi connectivity index (χ0v) is 13.0. The van der Waals surface area contributed by atoms with Gasteiger partial charge in [-0.05, 0) is 38.6 Å². The third kappa shape index (κ3) is 3.00. The summed E-state index contributed by atoms with van der Waals surface area (Å²) in [6.07, 6.45) is 5.32. The predicted molar refractivity (Wildman–Crippen MR) is 80.6 cm³/mol. The van der Waals surface area contributed by atoms with Gasteiger partial charge in [-0.3, -0.25) is 0 Å². The maximum absolute atomic E-state index is 13.5. The summed E-state index contributed by atoms with van der Waals surface area (Å²) in [5.74, 6) is -0.418. The van der Waals surface area contributed by atoms with Crippen molar-refractivity contribution in [3.8, 4) is 0 Å². The Kier molecular flexibility index (Phi) is 5.05. The van der Waals surface area contributed by atoms with Crippen LogP contribution in [0, 0.1) is 5.82 Å². The van der Waals surface area contributed by atoms with E-state index in [9.17, 15) is 9.50 Å². The topological polar surface area (TPSA) is 23.5 Å². The van der Waals surface area contributed by atoms with E-state index in [1.165, 1.54) is 12.5 Å². The number of likely N-dealkylation sites (N-methyl/N-ethyl adjacent to an activating group) is 1. The summed E-state index contributed by atoms with van der Waals surface area (Å²) in [5, 5.41) is 10.9. The van der Waals surface area contributed by atoms with Gasteiger partial charge in [-0.1, -0.05) is 43.0 Å². The molecule has 1 fully saturated rings. The minimum absolute atomic E-state index is 0.135. The van der Waals surface area contributed by atoms with Gasteiger partial charge < -0.3 is 10.0 Å². The minimum atomic E-state index is -0.530. The molecule has 1 unspecified atom stereocenters. The number of hydrogen-bond donors (Lipinski definition) is 1. The van der Waals surface area contributed by atoms with Gasteiger partial charge in [0.1, 0.15) is 5.82 Å². The molecule has 1 aliphatic carbocycles. The first-order valence-corrected chi connectivity index (χ1v) is 7.63. The van der Waals surface area contributed by atoms with Crippen molar-refractivity contribution < 1.29 is 9.50 Å². The highest BCUT2D eigenvalue weighted by atomic mass is 35.5. The first-order chi connectivity index (χ1) is 9.47. The van der Waals surface area contributed by atoms with Crippen molar-refractivity contribution in [2.45, 2.75) is 50.2 Å². The van der Waals surface area contributed by atoms with Gasteiger partial charge in [-0.15, -0.1) is 0 Å². The Morgan fingerprint density at radius 3 is 2.55 bits per heavy atom. The van der Waals surface area contributed by atoms with Crippen LogP contribution in [-0.4, -0.2) is 35.7 Å². The quantitative estimate of drug-likeness (QED) is 0.917. The van der Waals surface area contributed by atoms with E-state index >= 15 is 0 Å². The van der Waals surface area contributed by atoms with Crippen LogP contribution in [0.3, 0.4) is 0 Å². The third-order valence-electron chi connectivity index (χ3n) is 4.68. The van der Waals surface area contributed by atoms with Gasteiger partial charge in [-0.2, -0.15) is 0 Å². The molecule has 1 aliphatic rings. The first-order valence-electron chi connectivity index (χ1n) is 7.26. The fourth-order valence-corrected chi connectivity index (χ4v) is 3.55. The van der Waals surface area contributed by atoms with Crippen molar-refractivity contribution in [1.82, 2.24) is 4.90 Å². The van der Waals surface area contributed by atoms with E-state index in [1.807, 2.05) is 14.1 Å². The molecule has 1 N–H and O–H groups in total. The lowest BCUT2D eigenvalue weighted by molar-refractivity contribution is -0.0310. The Morgan fingerprint density at radius 1 is 1.30 bits per heavy atom. The number of nitrogens with zero attached hydrogens (tertiary/aromatic N) is 1. The Hall–Kier alpha value is -0.640. The summed E-state index contributed by atoms with van der Waals surface area (Å²) in [6, 6.07) is 4.79. The fourth-order valence-electron chi connectivity index (χ4n) is 3.35. The summed E-state index contributed by atoms with van der Waals surface area (Å²) >= 11 is 6.00. The van der Waals surface area contributed by atoms with Crippen LogP contribution < -0.4 is 0 Å². The highest BCUT2D eigenvalue weighted by Gasteiger charge is 2.41. The first kappa shape index (κ1) is 15.7. The SMILES string of the molecule is CN(C)C1(C(O)Cc2cccc(F)c2Cl)CCCCC1. The van der Waals surface area contributed by atoms with Crippen molar-refractivity contribution in [2.75, 3.05) is 14.1 Å². The normalized spacial score (nSPS) is 20.1. The second-order valence-electron chi connectivity index (χ2n) is 5.99. The molecule has 20 heavy (non-hydrogen) atoms. The van der Waals surface area contributed by atoms with Crippen LogP contribution in [0.15, 0.2) is 18.2 Å². The van der Waals surface area contributed by atoms with E-state index in [1.54, 1.807) is 12.1 Å². The van der Waals surface area contributed by atoms with Crippen LogP contribution in [-0.2, 0) is 6.42 Å². The average molecular weight is 300 g/mol. The lowest BCUT2D eigenvalue weighted by Crippen LogP contribution is -2.55. The molecule has 112 valence electrons. The van der Waals surface area contributed by atoms with Crippen molar-refractivity contribution in [3.05, 3.63) is 34.6 Å². The molecule has 0 radical (unpaired) electrons. The molecule has 0 heterocycles. The van der Waals surface area contributed by atoms with Gasteiger partial charge in [0.2, 0.25) is 0 Å². The van der Waals surface area contributed by atoms with Gasteiger partial charge in [-0.25, -0.2) is 4.39 Å².